The van der Waals surface area contributed by atoms with Crippen LogP contribution in [0.4, 0.5) is 4.79 Å². The van der Waals surface area contributed by atoms with E-state index in [-0.39, 0.29) is 18.4 Å². The number of Topliss-reactive ketones (excluding diaryl/α,β-unsaturated/α-hetero) is 1. The lowest BCUT2D eigenvalue weighted by Gasteiger charge is -2.04. The third kappa shape index (κ3) is 3.31. The molecule has 1 aromatic rings. The zero-order valence-corrected chi connectivity index (χ0v) is 10.9. The summed E-state index contributed by atoms with van der Waals surface area (Å²) in [5, 5.41) is 5.31. The lowest BCUT2D eigenvalue weighted by Crippen LogP contribution is -2.39. The maximum Gasteiger partial charge on any atom is 0.315 e. The molecule has 2 N–H and O–H groups in total. The van der Waals surface area contributed by atoms with Crippen LogP contribution in [0.1, 0.15) is 22.5 Å². The third-order valence-corrected chi connectivity index (χ3v) is 3.83. The molecule has 0 aliphatic heterocycles. The minimum Gasteiger partial charge on any atom is -0.335 e. The summed E-state index contributed by atoms with van der Waals surface area (Å²) in [6.07, 6.45) is 2.08. The van der Waals surface area contributed by atoms with E-state index in [1.807, 2.05) is 6.07 Å². The molecule has 86 valence electrons. The van der Waals surface area contributed by atoms with E-state index in [9.17, 15) is 9.59 Å². The van der Waals surface area contributed by atoms with E-state index in [0.717, 1.165) is 16.6 Å². The van der Waals surface area contributed by atoms with Crippen LogP contribution in [-0.4, -0.2) is 24.4 Å². The molecule has 0 saturated heterocycles. The zero-order valence-electron chi connectivity index (χ0n) is 8.46. The topological polar surface area (TPSA) is 58.2 Å². The fourth-order valence-electron chi connectivity index (χ4n) is 1.18. The predicted molar refractivity (Wildman–Crippen MR) is 65.9 cm³/mol. The first kappa shape index (κ1) is 11.6. The van der Waals surface area contributed by atoms with Crippen molar-refractivity contribution in [2.24, 2.45) is 0 Å². The minimum atomic E-state index is -0.258. The molecule has 0 atom stereocenters. The van der Waals surface area contributed by atoms with Crippen LogP contribution >= 0.6 is 27.3 Å². The summed E-state index contributed by atoms with van der Waals surface area (Å²) in [6, 6.07) is 3.62. The molecule has 2 amide bonds. The lowest BCUT2D eigenvalue weighted by molar-refractivity contribution is 0.0996. The first-order chi connectivity index (χ1) is 7.65. The zero-order chi connectivity index (χ0) is 11.5. The number of amides is 2. The van der Waals surface area contributed by atoms with Gasteiger partial charge in [0.25, 0.3) is 0 Å². The summed E-state index contributed by atoms with van der Waals surface area (Å²) in [7, 11) is 0. The first-order valence-corrected chi connectivity index (χ1v) is 6.59. The highest BCUT2D eigenvalue weighted by atomic mass is 79.9. The largest absolute Gasteiger partial charge is 0.335 e. The van der Waals surface area contributed by atoms with E-state index in [0.29, 0.717) is 10.9 Å². The monoisotopic (exact) mass is 302 g/mol. The number of urea groups is 1. The predicted octanol–water partition coefficient (Wildman–Crippen LogP) is 2.15. The molecule has 0 spiro atoms. The summed E-state index contributed by atoms with van der Waals surface area (Å²) in [5.41, 5.74) is 0. The van der Waals surface area contributed by atoms with Gasteiger partial charge in [0.15, 0.2) is 5.78 Å². The van der Waals surface area contributed by atoms with Gasteiger partial charge in [0, 0.05) is 6.04 Å². The maximum absolute atomic E-state index is 11.6. The molecule has 1 fully saturated rings. The van der Waals surface area contributed by atoms with E-state index in [2.05, 4.69) is 26.6 Å². The van der Waals surface area contributed by atoms with Crippen LogP contribution < -0.4 is 10.6 Å². The standard InChI is InChI=1S/C10H11BrN2O2S/c11-9-4-3-8(16-9)7(14)5-12-10(15)13-6-1-2-6/h3-4,6H,1-2,5H2,(H2,12,13,15). The molecular weight excluding hydrogens is 292 g/mol. The van der Waals surface area contributed by atoms with E-state index in [4.69, 9.17) is 0 Å². The van der Waals surface area contributed by atoms with Crippen molar-refractivity contribution in [3.8, 4) is 0 Å². The Morgan fingerprint density at radius 2 is 2.19 bits per heavy atom. The average molecular weight is 303 g/mol. The Hall–Kier alpha value is -0.880. The number of thiophene rings is 1. The SMILES string of the molecule is O=C(NCC(=O)c1ccc(Br)s1)NC1CC1. The number of carbonyl (C=O) groups excluding carboxylic acids is 2. The van der Waals surface area contributed by atoms with Crippen molar-refractivity contribution in [2.75, 3.05) is 6.54 Å². The molecule has 0 unspecified atom stereocenters. The molecule has 1 aromatic heterocycles. The molecule has 0 radical (unpaired) electrons. The van der Waals surface area contributed by atoms with E-state index >= 15 is 0 Å². The van der Waals surface area contributed by atoms with Crippen LogP contribution in [0.15, 0.2) is 15.9 Å². The molecule has 1 heterocycles. The number of hydrogen-bond acceptors (Lipinski definition) is 3. The smallest absolute Gasteiger partial charge is 0.315 e. The molecule has 1 aliphatic rings. The Bertz CT molecular complexity index is 415. The molecule has 1 aliphatic carbocycles. The summed E-state index contributed by atoms with van der Waals surface area (Å²) in [4.78, 5) is 23.5. The second-order valence-corrected chi connectivity index (χ2v) is 6.09. The Morgan fingerprint density at radius 3 is 2.75 bits per heavy atom. The normalized spacial score (nSPS) is 14.6. The van der Waals surface area contributed by atoms with Crippen molar-refractivity contribution in [1.29, 1.82) is 0 Å². The van der Waals surface area contributed by atoms with Crippen LogP contribution in [0.5, 0.6) is 0 Å². The molecule has 1 saturated carbocycles. The van der Waals surface area contributed by atoms with Crippen LogP contribution in [0.25, 0.3) is 0 Å². The van der Waals surface area contributed by atoms with Crippen molar-refractivity contribution >= 4 is 39.1 Å². The number of carbonyl (C=O) groups is 2. The van der Waals surface area contributed by atoms with Crippen molar-refractivity contribution in [3.05, 3.63) is 20.8 Å². The van der Waals surface area contributed by atoms with Crippen molar-refractivity contribution in [1.82, 2.24) is 10.6 Å². The van der Waals surface area contributed by atoms with Gasteiger partial charge in [-0.05, 0) is 40.9 Å². The van der Waals surface area contributed by atoms with E-state index < -0.39 is 0 Å². The summed E-state index contributed by atoms with van der Waals surface area (Å²) < 4.78 is 0.915. The highest BCUT2D eigenvalue weighted by Crippen LogP contribution is 2.22. The van der Waals surface area contributed by atoms with E-state index in [1.165, 1.54) is 11.3 Å². The molecular formula is C10H11BrN2O2S. The van der Waals surface area contributed by atoms with Crippen molar-refractivity contribution < 1.29 is 9.59 Å². The van der Waals surface area contributed by atoms with Crippen LogP contribution in [0.3, 0.4) is 0 Å². The van der Waals surface area contributed by atoms with Crippen molar-refractivity contribution in [3.63, 3.8) is 0 Å². The highest BCUT2D eigenvalue weighted by molar-refractivity contribution is 9.11. The Labute approximate surface area is 106 Å². The molecule has 0 bridgehead atoms. The number of rotatable bonds is 4. The van der Waals surface area contributed by atoms with Crippen LogP contribution in [0, 0.1) is 0 Å². The van der Waals surface area contributed by atoms with Crippen LogP contribution in [-0.2, 0) is 0 Å². The van der Waals surface area contributed by atoms with Gasteiger partial charge in [0.05, 0.1) is 15.2 Å². The van der Waals surface area contributed by atoms with Gasteiger partial charge < -0.3 is 10.6 Å². The maximum atomic E-state index is 11.6. The Kier molecular flexibility index (Phi) is 3.60. The lowest BCUT2D eigenvalue weighted by atomic mass is 10.3. The summed E-state index contributed by atoms with van der Waals surface area (Å²) >= 11 is 4.66. The van der Waals surface area contributed by atoms with Crippen molar-refractivity contribution in [2.45, 2.75) is 18.9 Å². The summed E-state index contributed by atoms with van der Waals surface area (Å²) in [5.74, 6) is -0.0679. The van der Waals surface area contributed by atoms with Gasteiger partial charge in [-0.1, -0.05) is 0 Å². The molecule has 4 nitrogen and oxygen atoms in total. The van der Waals surface area contributed by atoms with Gasteiger partial charge in [0.1, 0.15) is 0 Å². The third-order valence-electron chi connectivity index (χ3n) is 2.17. The highest BCUT2D eigenvalue weighted by Gasteiger charge is 2.23. The Morgan fingerprint density at radius 1 is 1.44 bits per heavy atom. The fraction of sp³-hybridized carbons (Fsp3) is 0.400. The molecule has 6 heteroatoms. The average Bonchev–Trinajstić information content (AvgIpc) is 2.95. The van der Waals surface area contributed by atoms with Gasteiger partial charge in [-0.15, -0.1) is 11.3 Å². The second kappa shape index (κ2) is 4.97. The summed E-state index contributed by atoms with van der Waals surface area (Å²) in [6.45, 7) is 0.0471. The minimum absolute atomic E-state index is 0.0471. The van der Waals surface area contributed by atoms with Crippen LogP contribution in [0.2, 0.25) is 0 Å². The Balaban J connectivity index is 1.76. The quantitative estimate of drug-likeness (QED) is 0.837. The number of nitrogens with one attached hydrogen (secondary N) is 2. The molecule has 16 heavy (non-hydrogen) atoms. The van der Waals surface area contributed by atoms with Gasteiger partial charge in [-0.25, -0.2) is 4.79 Å². The number of halogens is 1. The van der Waals surface area contributed by atoms with Gasteiger partial charge in [-0.2, -0.15) is 0 Å². The van der Waals surface area contributed by atoms with E-state index in [1.54, 1.807) is 6.07 Å². The molecule has 0 aromatic carbocycles. The first-order valence-electron chi connectivity index (χ1n) is 4.98. The number of hydrogen-bond donors (Lipinski definition) is 2. The second-order valence-electron chi connectivity index (χ2n) is 3.63. The van der Waals surface area contributed by atoms with Gasteiger partial charge >= 0.3 is 6.03 Å². The molecule has 2 rings (SSSR count). The van der Waals surface area contributed by atoms with Gasteiger partial charge in [0.2, 0.25) is 0 Å². The van der Waals surface area contributed by atoms with Gasteiger partial charge in [-0.3, -0.25) is 4.79 Å². The number of ketones is 1. The fourth-order valence-corrected chi connectivity index (χ4v) is 2.50.